The van der Waals surface area contributed by atoms with E-state index in [1.165, 1.54) is 17.0 Å². The zero-order chi connectivity index (χ0) is 34.6. The third kappa shape index (κ3) is 9.58. The van der Waals surface area contributed by atoms with Crippen LogP contribution in [0, 0.1) is 0 Å². The van der Waals surface area contributed by atoms with E-state index in [0.717, 1.165) is 26.3 Å². The topological polar surface area (TPSA) is 96.0 Å². The molecular weight excluding hydrogens is 702 g/mol. The largest absolute Gasteiger partial charge is 0.457 e. The SMILES string of the molecule is CCCNC(=O)[C@@H](Cc1ccccc1)N(Cc1cccc(Br)c1)C(=O)CN(c1ccc(Oc2ccccc2)cc1)S(=O)(=O)c1ccccc1. The monoisotopic (exact) mass is 739 g/mol. The lowest BCUT2D eigenvalue weighted by molar-refractivity contribution is -0.140. The van der Waals surface area contributed by atoms with Gasteiger partial charge in [0.25, 0.3) is 10.0 Å². The van der Waals surface area contributed by atoms with E-state index in [2.05, 4.69) is 21.2 Å². The zero-order valence-corrected chi connectivity index (χ0v) is 29.5. The smallest absolute Gasteiger partial charge is 0.264 e. The first-order valence-electron chi connectivity index (χ1n) is 16.0. The van der Waals surface area contributed by atoms with Crippen molar-refractivity contribution in [3.63, 3.8) is 0 Å². The van der Waals surface area contributed by atoms with E-state index in [1.54, 1.807) is 42.5 Å². The van der Waals surface area contributed by atoms with Crippen LogP contribution in [0.4, 0.5) is 5.69 Å². The summed E-state index contributed by atoms with van der Waals surface area (Å²) in [6.45, 7) is 1.93. The van der Waals surface area contributed by atoms with Gasteiger partial charge in [-0.15, -0.1) is 0 Å². The van der Waals surface area contributed by atoms with Gasteiger partial charge in [0.1, 0.15) is 24.1 Å². The number of hydrogen-bond acceptors (Lipinski definition) is 5. The van der Waals surface area contributed by atoms with Crippen LogP contribution < -0.4 is 14.4 Å². The van der Waals surface area contributed by atoms with Gasteiger partial charge in [-0.3, -0.25) is 13.9 Å². The van der Waals surface area contributed by atoms with Crippen LogP contribution in [0.15, 0.2) is 149 Å². The summed E-state index contributed by atoms with van der Waals surface area (Å²) in [7, 11) is -4.22. The Balaban J connectivity index is 1.54. The van der Waals surface area contributed by atoms with Gasteiger partial charge < -0.3 is 15.0 Å². The minimum Gasteiger partial charge on any atom is -0.457 e. The number of sulfonamides is 1. The minimum atomic E-state index is -4.22. The van der Waals surface area contributed by atoms with E-state index >= 15 is 0 Å². The number of anilines is 1. The molecule has 0 radical (unpaired) electrons. The molecule has 0 aromatic heterocycles. The highest BCUT2D eigenvalue weighted by Gasteiger charge is 2.34. The molecule has 0 fully saturated rings. The molecule has 0 aliphatic carbocycles. The highest BCUT2D eigenvalue weighted by molar-refractivity contribution is 9.10. The second-order valence-corrected chi connectivity index (χ2v) is 14.2. The molecule has 0 saturated heterocycles. The predicted molar refractivity (Wildman–Crippen MR) is 196 cm³/mol. The summed E-state index contributed by atoms with van der Waals surface area (Å²) in [5.41, 5.74) is 1.92. The molecule has 252 valence electrons. The Morgan fingerprint density at radius 3 is 1.98 bits per heavy atom. The number of benzene rings is 5. The first-order chi connectivity index (χ1) is 23.7. The summed E-state index contributed by atoms with van der Waals surface area (Å²) in [6.07, 6.45) is 0.962. The highest BCUT2D eigenvalue weighted by Crippen LogP contribution is 2.29. The number of para-hydroxylation sites is 1. The molecule has 5 aromatic rings. The van der Waals surface area contributed by atoms with Crippen molar-refractivity contribution in [1.82, 2.24) is 10.2 Å². The molecule has 0 saturated carbocycles. The molecule has 8 nitrogen and oxygen atoms in total. The van der Waals surface area contributed by atoms with Crippen LogP contribution >= 0.6 is 15.9 Å². The average Bonchev–Trinajstić information content (AvgIpc) is 3.12. The fourth-order valence-electron chi connectivity index (χ4n) is 5.31. The molecule has 0 aliphatic heterocycles. The Hall–Kier alpha value is -4.93. The molecule has 0 heterocycles. The van der Waals surface area contributed by atoms with Crippen LogP contribution in [0.2, 0.25) is 0 Å². The number of rotatable bonds is 15. The van der Waals surface area contributed by atoms with E-state index in [1.807, 2.05) is 91.9 Å². The lowest BCUT2D eigenvalue weighted by Gasteiger charge is -2.34. The van der Waals surface area contributed by atoms with E-state index < -0.39 is 28.5 Å². The summed E-state index contributed by atoms with van der Waals surface area (Å²) >= 11 is 3.51. The fraction of sp³-hybridized carbons (Fsp3) is 0.179. The number of ether oxygens (including phenoxy) is 1. The maximum Gasteiger partial charge on any atom is 0.264 e. The second-order valence-electron chi connectivity index (χ2n) is 11.4. The Morgan fingerprint density at radius 1 is 0.755 bits per heavy atom. The van der Waals surface area contributed by atoms with Gasteiger partial charge in [-0.25, -0.2) is 8.42 Å². The zero-order valence-electron chi connectivity index (χ0n) is 27.1. The molecule has 0 unspecified atom stereocenters. The highest BCUT2D eigenvalue weighted by atomic mass is 79.9. The van der Waals surface area contributed by atoms with Crippen molar-refractivity contribution in [2.75, 3.05) is 17.4 Å². The number of halogens is 1. The van der Waals surface area contributed by atoms with Crippen molar-refractivity contribution in [3.05, 3.63) is 155 Å². The molecule has 1 atom stereocenters. The van der Waals surface area contributed by atoms with E-state index in [4.69, 9.17) is 4.74 Å². The van der Waals surface area contributed by atoms with Crippen molar-refractivity contribution in [3.8, 4) is 11.5 Å². The van der Waals surface area contributed by atoms with Gasteiger partial charge >= 0.3 is 0 Å². The number of hydrogen-bond donors (Lipinski definition) is 1. The van der Waals surface area contributed by atoms with Crippen molar-refractivity contribution < 1.29 is 22.7 Å². The fourth-order valence-corrected chi connectivity index (χ4v) is 7.19. The quantitative estimate of drug-likeness (QED) is 0.119. The molecule has 0 spiro atoms. The minimum absolute atomic E-state index is 0.0347. The standard InChI is InChI=1S/C39H38BrN3O5S/c1-2-25-41-39(45)37(27-30-13-6-3-7-14-30)42(28-31-15-12-16-32(40)26-31)38(44)29-43(49(46,47)36-19-10-5-11-20-36)33-21-23-35(24-22-33)48-34-17-8-4-9-18-34/h3-24,26,37H,2,25,27-29H2,1H3,(H,41,45)/t37-/m1/s1. The third-order valence-corrected chi connectivity index (χ3v) is 10.1. The first-order valence-corrected chi connectivity index (χ1v) is 18.2. The van der Waals surface area contributed by atoms with Crippen molar-refractivity contribution in [1.29, 1.82) is 0 Å². The van der Waals surface area contributed by atoms with E-state index in [-0.39, 0.29) is 29.5 Å². The van der Waals surface area contributed by atoms with Gasteiger partial charge in [-0.1, -0.05) is 102 Å². The lowest BCUT2D eigenvalue weighted by Crippen LogP contribution is -2.53. The number of nitrogens with one attached hydrogen (secondary N) is 1. The molecule has 10 heteroatoms. The van der Waals surface area contributed by atoms with Crippen molar-refractivity contribution >= 4 is 43.5 Å². The molecule has 5 rings (SSSR count). The van der Waals surface area contributed by atoms with Gasteiger partial charge in [0, 0.05) is 24.0 Å². The van der Waals surface area contributed by atoms with E-state index in [0.29, 0.717) is 18.0 Å². The first kappa shape index (κ1) is 35.4. The summed E-state index contributed by atoms with van der Waals surface area (Å²) in [4.78, 5) is 29.9. The Kier molecular flexibility index (Phi) is 12.2. The van der Waals surface area contributed by atoms with Crippen LogP contribution in [0.3, 0.4) is 0 Å². The summed E-state index contributed by atoms with van der Waals surface area (Å²) in [6, 6.07) is 39.8. The van der Waals surface area contributed by atoms with Crippen LogP contribution in [-0.4, -0.2) is 44.3 Å². The maximum absolute atomic E-state index is 14.6. The summed E-state index contributed by atoms with van der Waals surface area (Å²) in [5.74, 6) is 0.295. The Bertz CT molecular complexity index is 1930. The van der Waals surface area contributed by atoms with Gasteiger partial charge in [0.05, 0.1) is 10.6 Å². The molecule has 2 amide bonds. The van der Waals surface area contributed by atoms with Crippen molar-refractivity contribution in [2.24, 2.45) is 0 Å². The summed E-state index contributed by atoms with van der Waals surface area (Å²) < 4.78 is 36.3. The normalized spacial score (nSPS) is 11.7. The van der Waals surface area contributed by atoms with Crippen LogP contribution in [0.1, 0.15) is 24.5 Å². The summed E-state index contributed by atoms with van der Waals surface area (Å²) in [5, 5.41) is 2.96. The Labute approximate surface area is 296 Å². The van der Waals surface area contributed by atoms with E-state index in [9.17, 15) is 18.0 Å². The maximum atomic E-state index is 14.6. The van der Waals surface area contributed by atoms with Crippen LogP contribution in [0.5, 0.6) is 11.5 Å². The van der Waals surface area contributed by atoms with Gasteiger partial charge in [-0.05, 0) is 78.2 Å². The van der Waals surface area contributed by atoms with Gasteiger partial charge in [0.2, 0.25) is 11.8 Å². The third-order valence-electron chi connectivity index (χ3n) is 7.78. The average molecular weight is 741 g/mol. The lowest BCUT2D eigenvalue weighted by atomic mass is 10.0. The molecule has 5 aromatic carbocycles. The molecule has 1 N–H and O–H groups in total. The predicted octanol–water partition coefficient (Wildman–Crippen LogP) is 7.60. The number of amides is 2. The number of nitrogens with zero attached hydrogens (tertiary/aromatic N) is 2. The molecular formula is C39H38BrN3O5S. The molecule has 0 aliphatic rings. The van der Waals surface area contributed by atoms with Crippen molar-refractivity contribution in [2.45, 2.75) is 37.2 Å². The molecule has 0 bridgehead atoms. The van der Waals surface area contributed by atoms with Crippen LogP contribution in [0.25, 0.3) is 0 Å². The van der Waals surface area contributed by atoms with Gasteiger partial charge in [0.15, 0.2) is 0 Å². The number of carbonyl (C=O) groups excluding carboxylic acids is 2. The van der Waals surface area contributed by atoms with Crippen LogP contribution in [-0.2, 0) is 32.6 Å². The Morgan fingerprint density at radius 2 is 1.35 bits per heavy atom. The second kappa shape index (κ2) is 16.9. The number of carbonyl (C=O) groups is 2. The van der Waals surface area contributed by atoms with Gasteiger partial charge in [-0.2, -0.15) is 0 Å². The molecule has 49 heavy (non-hydrogen) atoms.